The molecule has 0 radical (unpaired) electrons. The van der Waals surface area contributed by atoms with Gasteiger partial charge in [0.2, 0.25) is 0 Å². The van der Waals surface area contributed by atoms with Crippen molar-refractivity contribution in [1.29, 1.82) is 0 Å². The second-order valence-electron chi connectivity index (χ2n) is 5.78. The van der Waals surface area contributed by atoms with Crippen LogP contribution >= 0.6 is 0 Å². The summed E-state index contributed by atoms with van der Waals surface area (Å²) >= 11 is 0. The lowest BCUT2D eigenvalue weighted by Gasteiger charge is -2.33. The Labute approximate surface area is 98.2 Å². The SMILES string of the molecule is CC1(C)CCC(c2ccc(CCN)o2)CC1. The molecule has 2 rings (SSSR count). The molecule has 1 aliphatic carbocycles. The van der Waals surface area contributed by atoms with E-state index < -0.39 is 0 Å². The number of hydrogen-bond donors (Lipinski definition) is 1. The van der Waals surface area contributed by atoms with Gasteiger partial charge in [-0.15, -0.1) is 0 Å². The Hall–Kier alpha value is -0.760. The van der Waals surface area contributed by atoms with Gasteiger partial charge in [0.1, 0.15) is 11.5 Å². The number of hydrogen-bond acceptors (Lipinski definition) is 2. The molecule has 0 unspecified atom stereocenters. The van der Waals surface area contributed by atoms with Crippen LogP contribution in [-0.4, -0.2) is 6.54 Å². The summed E-state index contributed by atoms with van der Waals surface area (Å²) in [5, 5.41) is 0. The normalized spacial score (nSPS) is 21.2. The molecule has 0 bridgehead atoms. The van der Waals surface area contributed by atoms with Crippen LogP contribution in [0.15, 0.2) is 16.5 Å². The summed E-state index contributed by atoms with van der Waals surface area (Å²) in [7, 11) is 0. The lowest BCUT2D eigenvalue weighted by Crippen LogP contribution is -2.19. The van der Waals surface area contributed by atoms with Crippen molar-refractivity contribution in [3.63, 3.8) is 0 Å². The molecule has 1 heterocycles. The fraction of sp³-hybridized carbons (Fsp3) is 0.714. The zero-order chi connectivity index (χ0) is 11.6. The minimum Gasteiger partial charge on any atom is -0.466 e. The summed E-state index contributed by atoms with van der Waals surface area (Å²) in [5.41, 5.74) is 6.05. The first kappa shape index (κ1) is 11.7. The van der Waals surface area contributed by atoms with E-state index >= 15 is 0 Å². The van der Waals surface area contributed by atoms with Crippen LogP contribution in [0.3, 0.4) is 0 Å². The van der Waals surface area contributed by atoms with E-state index in [1.165, 1.54) is 31.4 Å². The van der Waals surface area contributed by atoms with Crippen molar-refractivity contribution in [2.75, 3.05) is 6.54 Å². The van der Waals surface area contributed by atoms with Gasteiger partial charge in [-0.3, -0.25) is 0 Å². The fourth-order valence-corrected chi connectivity index (χ4v) is 2.57. The molecule has 1 saturated carbocycles. The Bertz CT molecular complexity index is 330. The number of furan rings is 1. The van der Waals surface area contributed by atoms with Gasteiger partial charge >= 0.3 is 0 Å². The Balaban J connectivity index is 1.97. The first-order chi connectivity index (χ1) is 7.61. The summed E-state index contributed by atoms with van der Waals surface area (Å²) in [5.74, 6) is 2.86. The van der Waals surface area contributed by atoms with Crippen molar-refractivity contribution in [3.8, 4) is 0 Å². The predicted octanol–water partition coefficient (Wildman–Crippen LogP) is 3.46. The van der Waals surface area contributed by atoms with Gasteiger partial charge in [0.25, 0.3) is 0 Å². The molecule has 1 aromatic heterocycles. The fourth-order valence-electron chi connectivity index (χ4n) is 2.57. The topological polar surface area (TPSA) is 39.2 Å². The summed E-state index contributed by atoms with van der Waals surface area (Å²) in [4.78, 5) is 0. The van der Waals surface area contributed by atoms with Gasteiger partial charge in [0, 0.05) is 12.3 Å². The highest BCUT2D eigenvalue weighted by Gasteiger charge is 2.28. The van der Waals surface area contributed by atoms with Crippen LogP contribution in [0.1, 0.15) is 57.0 Å². The van der Waals surface area contributed by atoms with Crippen molar-refractivity contribution < 1.29 is 4.42 Å². The van der Waals surface area contributed by atoms with Crippen molar-refractivity contribution in [3.05, 3.63) is 23.7 Å². The standard InChI is InChI=1S/C14H23NO/c1-14(2)8-5-11(6-9-14)13-4-3-12(16-13)7-10-15/h3-4,11H,5-10,15H2,1-2H3. The van der Waals surface area contributed by atoms with E-state index in [4.69, 9.17) is 10.2 Å². The van der Waals surface area contributed by atoms with Crippen LogP contribution in [0.25, 0.3) is 0 Å². The Morgan fingerprint density at radius 1 is 1.31 bits per heavy atom. The van der Waals surface area contributed by atoms with Crippen LogP contribution in [-0.2, 0) is 6.42 Å². The van der Waals surface area contributed by atoms with Gasteiger partial charge in [-0.1, -0.05) is 13.8 Å². The van der Waals surface area contributed by atoms with Gasteiger partial charge in [0.15, 0.2) is 0 Å². The van der Waals surface area contributed by atoms with Gasteiger partial charge in [-0.05, 0) is 49.8 Å². The first-order valence-corrected chi connectivity index (χ1v) is 6.39. The molecular weight excluding hydrogens is 198 g/mol. The Morgan fingerprint density at radius 3 is 2.62 bits per heavy atom. The second-order valence-corrected chi connectivity index (χ2v) is 5.78. The molecule has 1 aromatic rings. The highest BCUT2D eigenvalue weighted by molar-refractivity contribution is 5.12. The molecule has 90 valence electrons. The van der Waals surface area contributed by atoms with Gasteiger partial charge in [-0.2, -0.15) is 0 Å². The molecule has 2 nitrogen and oxygen atoms in total. The zero-order valence-corrected chi connectivity index (χ0v) is 10.5. The highest BCUT2D eigenvalue weighted by Crippen LogP contribution is 2.42. The van der Waals surface area contributed by atoms with Crippen LogP contribution in [0.2, 0.25) is 0 Å². The van der Waals surface area contributed by atoms with E-state index in [1.807, 2.05) is 0 Å². The molecule has 0 amide bonds. The van der Waals surface area contributed by atoms with E-state index in [2.05, 4.69) is 26.0 Å². The molecule has 0 atom stereocenters. The summed E-state index contributed by atoms with van der Waals surface area (Å²) in [6, 6.07) is 4.23. The average molecular weight is 221 g/mol. The average Bonchev–Trinajstić information content (AvgIpc) is 2.67. The molecule has 0 spiro atoms. The van der Waals surface area contributed by atoms with E-state index in [1.54, 1.807) is 0 Å². The van der Waals surface area contributed by atoms with Gasteiger partial charge < -0.3 is 10.2 Å². The van der Waals surface area contributed by atoms with E-state index in [-0.39, 0.29) is 0 Å². The first-order valence-electron chi connectivity index (χ1n) is 6.39. The van der Waals surface area contributed by atoms with E-state index in [9.17, 15) is 0 Å². The maximum absolute atomic E-state index is 5.85. The highest BCUT2D eigenvalue weighted by atomic mass is 16.3. The minimum absolute atomic E-state index is 0.531. The third-order valence-electron chi connectivity index (χ3n) is 3.81. The van der Waals surface area contributed by atoms with Crippen LogP contribution in [0.5, 0.6) is 0 Å². The minimum atomic E-state index is 0.531. The molecule has 0 aliphatic heterocycles. The van der Waals surface area contributed by atoms with E-state index in [0.29, 0.717) is 17.9 Å². The van der Waals surface area contributed by atoms with Crippen molar-refractivity contribution >= 4 is 0 Å². The summed E-state index contributed by atoms with van der Waals surface area (Å²) in [6.07, 6.45) is 6.01. The van der Waals surface area contributed by atoms with Gasteiger partial charge in [-0.25, -0.2) is 0 Å². The zero-order valence-electron chi connectivity index (χ0n) is 10.5. The third-order valence-corrected chi connectivity index (χ3v) is 3.81. The van der Waals surface area contributed by atoms with Crippen molar-refractivity contribution in [1.82, 2.24) is 0 Å². The quantitative estimate of drug-likeness (QED) is 0.849. The van der Waals surface area contributed by atoms with Crippen LogP contribution < -0.4 is 5.73 Å². The molecule has 0 saturated heterocycles. The van der Waals surface area contributed by atoms with Crippen LogP contribution in [0.4, 0.5) is 0 Å². The molecule has 16 heavy (non-hydrogen) atoms. The molecule has 1 aliphatic rings. The van der Waals surface area contributed by atoms with Crippen LogP contribution in [0, 0.1) is 5.41 Å². The smallest absolute Gasteiger partial charge is 0.107 e. The predicted molar refractivity (Wildman–Crippen MR) is 66.5 cm³/mol. The van der Waals surface area contributed by atoms with Gasteiger partial charge in [0.05, 0.1) is 0 Å². The third kappa shape index (κ3) is 2.67. The largest absolute Gasteiger partial charge is 0.466 e. The number of rotatable bonds is 3. The molecule has 0 aromatic carbocycles. The maximum atomic E-state index is 5.85. The van der Waals surface area contributed by atoms with E-state index in [0.717, 1.165) is 12.2 Å². The summed E-state index contributed by atoms with van der Waals surface area (Å²) < 4.78 is 5.85. The summed E-state index contributed by atoms with van der Waals surface area (Å²) in [6.45, 7) is 5.40. The molecular formula is C14H23NO. The maximum Gasteiger partial charge on any atom is 0.107 e. The lowest BCUT2D eigenvalue weighted by atomic mass is 9.72. The monoisotopic (exact) mass is 221 g/mol. The number of nitrogens with two attached hydrogens (primary N) is 1. The van der Waals surface area contributed by atoms with Crippen molar-refractivity contribution in [2.45, 2.75) is 51.9 Å². The Kier molecular flexibility index (Phi) is 3.38. The molecule has 2 N–H and O–H groups in total. The van der Waals surface area contributed by atoms with Crippen molar-refractivity contribution in [2.24, 2.45) is 11.1 Å². The Morgan fingerprint density at radius 2 is 2.00 bits per heavy atom. The molecule has 2 heteroatoms. The second kappa shape index (κ2) is 4.62. The lowest BCUT2D eigenvalue weighted by molar-refractivity contribution is 0.211. The molecule has 1 fully saturated rings.